The highest BCUT2D eigenvalue weighted by Crippen LogP contribution is 2.44. The van der Waals surface area contributed by atoms with E-state index in [1.54, 1.807) is 7.11 Å². The van der Waals surface area contributed by atoms with Gasteiger partial charge in [-0.25, -0.2) is 9.97 Å². The van der Waals surface area contributed by atoms with E-state index in [1.807, 2.05) is 24.3 Å². The van der Waals surface area contributed by atoms with Crippen molar-refractivity contribution in [2.75, 3.05) is 7.11 Å². The summed E-state index contributed by atoms with van der Waals surface area (Å²) in [4.78, 5) is 21.2. The maximum absolute atomic E-state index is 6.11. The van der Waals surface area contributed by atoms with Crippen LogP contribution in [0.1, 0.15) is 11.1 Å². The van der Waals surface area contributed by atoms with Crippen LogP contribution in [0.15, 0.2) is 115 Å². The monoisotopic (exact) mass is 697 g/mol. The SMILES string of the molecule is COc1ccc2cc(-c3cc(-c4ccc(C)cc4)nc4nc(-c5c(-c6ccccc6)[nH]c6ccc(C)cc56)c5c(=S)[nH]c(=S)[nH]c5c34)ccc2c1. The maximum Gasteiger partial charge on any atom is 0.175 e. The van der Waals surface area contributed by atoms with Crippen molar-refractivity contribution in [3.8, 4) is 50.6 Å². The van der Waals surface area contributed by atoms with Gasteiger partial charge in [-0.15, -0.1) is 0 Å². The number of pyridine rings is 2. The van der Waals surface area contributed by atoms with Crippen molar-refractivity contribution in [2.45, 2.75) is 13.8 Å². The number of aryl methyl sites for hydroxylation is 2. The first kappa shape index (κ1) is 31.1. The molecule has 246 valence electrons. The molecule has 0 aliphatic carbocycles. The van der Waals surface area contributed by atoms with E-state index in [0.717, 1.165) is 94.2 Å². The Kier molecular flexibility index (Phi) is 7.38. The molecule has 51 heavy (non-hydrogen) atoms. The van der Waals surface area contributed by atoms with E-state index in [4.69, 9.17) is 39.1 Å². The third-order valence-electron chi connectivity index (χ3n) is 9.61. The number of H-pyrrole nitrogens is 3. The van der Waals surface area contributed by atoms with Gasteiger partial charge in [0.2, 0.25) is 0 Å². The fraction of sp³-hybridized carbons (Fsp3) is 0.0698. The number of hydrogen-bond acceptors (Lipinski definition) is 5. The number of benzene rings is 5. The number of methoxy groups -OCH3 is 1. The van der Waals surface area contributed by atoms with E-state index in [-0.39, 0.29) is 0 Å². The van der Waals surface area contributed by atoms with Gasteiger partial charge >= 0.3 is 0 Å². The van der Waals surface area contributed by atoms with E-state index in [2.05, 4.69) is 120 Å². The molecule has 0 unspecified atom stereocenters. The van der Waals surface area contributed by atoms with Crippen molar-refractivity contribution < 1.29 is 4.74 Å². The number of fused-ring (bicyclic) bond motifs is 5. The molecule has 0 radical (unpaired) electrons. The number of nitrogens with zero attached hydrogens (tertiary/aromatic N) is 2. The molecule has 4 heterocycles. The average Bonchev–Trinajstić information content (AvgIpc) is 3.52. The second-order valence-electron chi connectivity index (χ2n) is 13.0. The Morgan fingerprint density at radius 3 is 2.18 bits per heavy atom. The smallest absolute Gasteiger partial charge is 0.175 e. The van der Waals surface area contributed by atoms with Gasteiger partial charge in [-0.2, -0.15) is 0 Å². The molecule has 3 N–H and O–H groups in total. The first-order valence-corrected chi connectivity index (χ1v) is 17.5. The van der Waals surface area contributed by atoms with E-state index < -0.39 is 0 Å². The van der Waals surface area contributed by atoms with Gasteiger partial charge in [0, 0.05) is 22.0 Å². The number of nitrogens with one attached hydrogen (secondary N) is 3. The Balaban J connectivity index is 1.44. The first-order valence-electron chi connectivity index (χ1n) is 16.7. The molecule has 0 fully saturated rings. The van der Waals surface area contributed by atoms with Crippen LogP contribution in [0.25, 0.3) is 88.5 Å². The number of ether oxygens (including phenoxy) is 1. The molecule has 9 aromatic rings. The number of aromatic nitrogens is 5. The van der Waals surface area contributed by atoms with Crippen LogP contribution in [-0.2, 0) is 0 Å². The van der Waals surface area contributed by atoms with Gasteiger partial charge in [-0.3, -0.25) is 0 Å². The molecule has 9 rings (SSSR count). The minimum absolute atomic E-state index is 0.433. The Hall–Kier alpha value is -5.96. The highest BCUT2D eigenvalue weighted by Gasteiger charge is 2.24. The van der Waals surface area contributed by atoms with Crippen LogP contribution in [0.4, 0.5) is 0 Å². The van der Waals surface area contributed by atoms with Crippen LogP contribution >= 0.6 is 24.4 Å². The van der Waals surface area contributed by atoms with E-state index in [9.17, 15) is 0 Å². The zero-order valence-corrected chi connectivity index (χ0v) is 29.7. The van der Waals surface area contributed by atoms with Crippen LogP contribution in [0.2, 0.25) is 0 Å². The van der Waals surface area contributed by atoms with Crippen LogP contribution < -0.4 is 4.74 Å². The summed E-state index contributed by atoms with van der Waals surface area (Å²) >= 11 is 11.9. The predicted molar refractivity (Wildman–Crippen MR) is 215 cm³/mol. The van der Waals surface area contributed by atoms with Crippen molar-refractivity contribution in [1.82, 2.24) is 24.9 Å². The first-order chi connectivity index (χ1) is 24.8. The second kappa shape index (κ2) is 12.1. The molecule has 0 amide bonds. The van der Waals surface area contributed by atoms with E-state index in [1.165, 1.54) is 5.56 Å². The lowest BCUT2D eigenvalue weighted by Crippen LogP contribution is -2.00. The normalized spacial score (nSPS) is 11.6. The minimum atomic E-state index is 0.433. The van der Waals surface area contributed by atoms with Gasteiger partial charge in [0.1, 0.15) is 10.4 Å². The number of hydrogen-bond donors (Lipinski definition) is 3. The number of aromatic amines is 3. The van der Waals surface area contributed by atoms with E-state index >= 15 is 0 Å². The zero-order chi connectivity index (χ0) is 34.8. The van der Waals surface area contributed by atoms with Gasteiger partial charge in [0.15, 0.2) is 10.4 Å². The summed E-state index contributed by atoms with van der Waals surface area (Å²) in [6.45, 7) is 4.20. The van der Waals surface area contributed by atoms with Crippen molar-refractivity contribution in [3.05, 3.63) is 136 Å². The Bertz CT molecular complexity index is 2960. The molecular weight excluding hydrogens is 667 g/mol. The molecule has 4 aromatic heterocycles. The third-order valence-corrected chi connectivity index (χ3v) is 10.1. The summed E-state index contributed by atoms with van der Waals surface area (Å²) in [5.41, 5.74) is 12.2. The van der Waals surface area contributed by atoms with Crippen LogP contribution in [0.3, 0.4) is 0 Å². The quantitative estimate of drug-likeness (QED) is 0.123. The van der Waals surface area contributed by atoms with Crippen molar-refractivity contribution in [1.29, 1.82) is 0 Å². The number of rotatable bonds is 5. The molecule has 0 aliphatic rings. The molecule has 0 bridgehead atoms. The summed E-state index contributed by atoms with van der Waals surface area (Å²) in [6.07, 6.45) is 0. The highest BCUT2D eigenvalue weighted by molar-refractivity contribution is 7.72. The molecule has 0 spiro atoms. The third kappa shape index (κ3) is 5.31. The second-order valence-corrected chi connectivity index (χ2v) is 13.8. The fourth-order valence-corrected chi connectivity index (χ4v) is 7.66. The Morgan fingerprint density at radius 1 is 0.627 bits per heavy atom. The average molecular weight is 698 g/mol. The maximum atomic E-state index is 6.11. The van der Waals surface area contributed by atoms with Gasteiger partial charge in [0.05, 0.1) is 40.5 Å². The summed E-state index contributed by atoms with van der Waals surface area (Å²) in [7, 11) is 1.69. The van der Waals surface area contributed by atoms with Gasteiger partial charge in [-0.05, 0) is 89.9 Å². The Morgan fingerprint density at radius 2 is 1.37 bits per heavy atom. The minimum Gasteiger partial charge on any atom is -0.497 e. The van der Waals surface area contributed by atoms with Gasteiger partial charge < -0.3 is 19.7 Å². The molecule has 0 atom stereocenters. The fourth-order valence-electron chi connectivity index (χ4n) is 7.09. The lowest BCUT2D eigenvalue weighted by molar-refractivity contribution is 0.415. The summed E-state index contributed by atoms with van der Waals surface area (Å²) in [6, 6.07) is 40.0. The van der Waals surface area contributed by atoms with Crippen molar-refractivity contribution in [3.63, 3.8) is 0 Å². The largest absolute Gasteiger partial charge is 0.497 e. The molecule has 0 aliphatic heterocycles. The standard InChI is InChI=1S/C43H31N5OS2/c1-23-9-12-25(13-10-23)34-22-31(29-15-14-28-21-30(49-3)17-16-27(28)20-29)36-40-37(42(50)48-43(51)47-40)39(46-41(36)45-34)35-32-19-24(2)11-18-33(32)44-38(35)26-7-5-4-6-8-26/h4-22,44H,1-3H3,(H2,47,48,50,51). The molecule has 0 saturated heterocycles. The predicted octanol–water partition coefficient (Wildman–Crippen LogP) is 11.8. The topological polar surface area (TPSA) is 82.4 Å². The summed E-state index contributed by atoms with van der Waals surface area (Å²) in [5.74, 6) is 0.818. The van der Waals surface area contributed by atoms with Crippen molar-refractivity contribution in [2.24, 2.45) is 0 Å². The summed E-state index contributed by atoms with van der Waals surface area (Å²) in [5, 5.41) is 4.86. The van der Waals surface area contributed by atoms with E-state index in [0.29, 0.717) is 15.1 Å². The van der Waals surface area contributed by atoms with Crippen LogP contribution in [-0.4, -0.2) is 32.0 Å². The van der Waals surface area contributed by atoms with Gasteiger partial charge in [0.25, 0.3) is 0 Å². The lowest BCUT2D eigenvalue weighted by Gasteiger charge is -2.16. The zero-order valence-electron chi connectivity index (χ0n) is 28.1. The molecular formula is C43H31N5OS2. The van der Waals surface area contributed by atoms with Crippen LogP contribution in [0.5, 0.6) is 5.75 Å². The van der Waals surface area contributed by atoms with Gasteiger partial charge in [-0.1, -0.05) is 102 Å². The van der Waals surface area contributed by atoms with Crippen LogP contribution in [0, 0.1) is 23.3 Å². The lowest BCUT2D eigenvalue weighted by atomic mass is 9.94. The van der Waals surface area contributed by atoms with Crippen molar-refractivity contribution >= 4 is 68.0 Å². The molecule has 5 aromatic carbocycles. The molecule has 8 heteroatoms. The summed E-state index contributed by atoms with van der Waals surface area (Å²) < 4.78 is 6.45. The Labute approximate surface area is 303 Å². The molecule has 6 nitrogen and oxygen atoms in total. The molecule has 0 saturated carbocycles. The highest BCUT2D eigenvalue weighted by atomic mass is 32.1.